The van der Waals surface area contributed by atoms with E-state index in [9.17, 15) is 14.4 Å². The molecule has 0 fully saturated rings. The first-order valence-corrected chi connectivity index (χ1v) is 6.01. The van der Waals surface area contributed by atoms with Crippen molar-refractivity contribution in [2.75, 3.05) is 0 Å². The Bertz CT molecular complexity index is 798. The van der Waals surface area contributed by atoms with E-state index in [1.165, 1.54) is 29.2 Å². The van der Waals surface area contributed by atoms with Crippen LogP contribution < -0.4 is 22.4 Å². The number of carbonyl (C=O) groups excluding carboxylic acids is 1. The van der Waals surface area contributed by atoms with Crippen molar-refractivity contribution in [1.82, 2.24) is 14.6 Å². The molecule has 0 aromatic carbocycles. The summed E-state index contributed by atoms with van der Waals surface area (Å²) in [6.45, 7) is 0. The van der Waals surface area contributed by atoms with Crippen LogP contribution in [0, 0.1) is 0 Å². The molecular weight excluding hydrogens is 270 g/mol. The first-order valence-electron chi connectivity index (χ1n) is 5.20. The van der Waals surface area contributed by atoms with Crippen LogP contribution >= 0.6 is 11.3 Å². The van der Waals surface area contributed by atoms with Gasteiger partial charge in [-0.1, -0.05) is 0 Å². The Morgan fingerprint density at radius 3 is 2.74 bits per heavy atom. The van der Waals surface area contributed by atoms with E-state index in [1.54, 1.807) is 13.1 Å². The third kappa shape index (κ3) is 2.27. The van der Waals surface area contributed by atoms with Crippen molar-refractivity contribution in [3.63, 3.8) is 0 Å². The second kappa shape index (κ2) is 4.69. The lowest BCUT2D eigenvalue weighted by atomic mass is 10.3. The average molecular weight is 281 g/mol. The maximum absolute atomic E-state index is 11.9. The first kappa shape index (κ1) is 13.0. The number of aryl methyl sites for hydroxylation is 1. The van der Waals surface area contributed by atoms with Crippen LogP contribution in [0.3, 0.4) is 0 Å². The van der Waals surface area contributed by atoms with Crippen LogP contribution in [0.2, 0.25) is 0 Å². The molecule has 100 valence electrons. The number of aromatic nitrogens is 2. The Labute approximate surface area is 110 Å². The molecular formula is C10H11N5O3S. The minimum atomic E-state index is -0.777. The molecule has 0 bridgehead atoms. The van der Waals surface area contributed by atoms with Crippen molar-refractivity contribution in [1.29, 1.82) is 0 Å². The van der Waals surface area contributed by atoms with Gasteiger partial charge in [0.1, 0.15) is 4.83 Å². The van der Waals surface area contributed by atoms with Crippen molar-refractivity contribution >= 4 is 33.8 Å². The summed E-state index contributed by atoms with van der Waals surface area (Å²) in [5, 5.41) is 4.03. The van der Waals surface area contributed by atoms with E-state index in [1.807, 2.05) is 0 Å². The van der Waals surface area contributed by atoms with Crippen molar-refractivity contribution in [2.45, 2.75) is 0 Å². The van der Waals surface area contributed by atoms with E-state index in [2.05, 4.69) is 10.5 Å². The number of carbonyl (C=O) groups is 1. The van der Waals surface area contributed by atoms with Crippen LogP contribution in [0.4, 0.5) is 4.79 Å². The molecule has 0 saturated heterocycles. The van der Waals surface area contributed by atoms with Gasteiger partial charge >= 0.3 is 11.7 Å². The molecule has 19 heavy (non-hydrogen) atoms. The monoisotopic (exact) mass is 281 g/mol. The number of rotatable bonds is 2. The molecule has 3 N–H and O–H groups in total. The van der Waals surface area contributed by atoms with E-state index in [4.69, 9.17) is 5.73 Å². The summed E-state index contributed by atoms with van der Waals surface area (Å²) < 4.78 is 2.43. The molecule has 0 spiro atoms. The molecule has 2 rings (SSSR count). The zero-order valence-electron chi connectivity index (χ0n) is 10.2. The topological polar surface area (TPSA) is 111 Å². The molecule has 0 atom stereocenters. The summed E-state index contributed by atoms with van der Waals surface area (Å²) >= 11 is 1.22. The minimum absolute atomic E-state index is 0.364. The fraction of sp³-hybridized carbons (Fsp3) is 0.200. The Morgan fingerprint density at radius 1 is 1.42 bits per heavy atom. The largest absolute Gasteiger partial charge is 0.350 e. The van der Waals surface area contributed by atoms with Gasteiger partial charge in [0, 0.05) is 14.1 Å². The van der Waals surface area contributed by atoms with E-state index in [-0.39, 0.29) is 5.56 Å². The van der Waals surface area contributed by atoms with Gasteiger partial charge in [0.15, 0.2) is 0 Å². The lowest BCUT2D eigenvalue weighted by molar-refractivity contribution is 0.249. The number of thiophene rings is 1. The highest BCUT2D eigenvalue weighted by molar-refractivity contribution is 7.20. The SMILES string of the molecule is Cn1c(=O)c2cc(/C=N/NC(N)=O)sc2n(C)c1=O. The fourth-order valence-corrected chi connectivity index (χ4v) is 2.58. The Balaban J connectivity index is 2.58. The van der Waals surface area contributed by atoms with Crippen LogP contribution in [0.1, 0.15) is 4.88 Å². The second-order valence-corrected chi connectivity index (χ2v) is 4.87. The van der Waals surface area contributed by atoms with E-state index in [0.717, 1.165) is 4.57 Å². The number of fused-ring (bicyclic) bond motifs is 1. The number of urea groups is 1. The standard InChI is InChI=1S/C10H11N5O3S/c1-14-7(16)6-3-5(4-12-13-9(11)17)19-8(6)15(2)10(14)18/h3-4H,1-2H3,(H3,11,13,17)/b12-4+. The highest BCUT2D eigenvalue weighted by Gasteiger charge is 2.11. The van der Waals surface area contributed by atoms with Crippen LogP contribution in [0.25, 0.3) is 10.2 Å². The number of primary amides is 1. The van der Waals surface area contributed by atoms with Crippen LogP contribution in [-0.4, -0.2) is 21.4 Å². The van der Waals surface area contributed by atoms with Crippen molar-refractivity contribution in [3.8, 4) is 0 Å². The lowest BCUT2D eigenvalue weighted by Gasteiger charge is -2.01. The highest BCUT2D eigenvalue weighted by Crippen LogP contribution is 2.19. The van der Waals surface area contributed by atoms with Crippen molar-refractivity contribution in [2.24, 2.45) is 24.9 Å². The van der Waals surface area contributed by atoms with Gasteiger partial charge < -0.3 is 5.73 Å². The summed E-state index contributed by atoms with van der Waals surface area (Å²) in [7, 11) is 3.01. The second-order valence-electron chi connectivity index (χ2n) is 3.81. The van der Waals surface area contributed by atoms with Gasteiger partial charge in [0.05, 0.1) is 16.5 Å². The normalized spacial score (nSPS) is 11.3. The van der Waals surface area contributed by atoms with Gasteiger partial charge in [-0.05, 0) is 6.07 Å². The number of amides is 2. The van der Waals surface area contributed by atoms with E-state index >= 15 is 0 Å². The summed E-state index contributed by atoms with van der Waals surface area (Å²) in [6.07, 6.45) is 1.36. The highest BCUT2D eigenvalue weighted by atomic mass is 32.1. The predicted octanol–water partition coefficient (Wildman–Crippen LogP) is -0.699. The summed E-state index contributed by atoms with van der Waals surface area (Å²) in [4.78, 5) is 35.3. The number of nitrogens with two attached hydrogens (primary N) is 1. The van der Waals surface area contributed by atoms with Crippen LogP contribution in [0.5, 0.6) is 0 Å². The number of hydrogen-bond acceptors (Lipinski definition) is 5. The number of hydrazone groups is 1. The molecule has 0 aliphatic rings. The molecule has 0 saturated carbocycles. The molecule has 2 amide bonds. The number of nitrogens with one attached hydrogen (secondary N) is 1. The summed E-state index contributed by atoms with van der Waals surface area (Å²) in [6, 6.07) is 0.828. The average Bonchev–Trinajstić information content (AvgIpc) is 2.77. The fourth-order valence-electron chi connectivity index (χ4n) is 1.60. The molecule has 0 radical (unpaired) electrons. The Hall–Kier alpha value is -2.42. The predicted molar refractivity (Wildman–Crippen MR) is 72.6 cm³/mol. The maximum atomic E-state index is 11.9. The number of hydrogen-bond donors (Lipinski definition) is 2. The zero-order chi connectivity index (χ0) is 14.2. The maximum Gasteiger partial charge on any atom is 0.332 e. The zero-order valence-corrected chi connectivity index (χ0v) is 11.0. The molecule has 8 nitrogen and oxygen atoms in total. The molecule has 0 aliphatic carbocycles. The quantitative estimate of drug-likeness (QED) is 0.560. The number of nitrogens with zero attached hydrogens (tertiary/aromatic N) is 3. The summed E-state index contributed by atoms with van der Waals surface area (Å²) in [5.74, 6) is 0. The molecule has 2 heterocycles. The third-order valence-electron chi connectivity index (χ3n) is 2.51. The molecule has 2 aromatic rings. The van der Waals surface area contributed by atoms with Gasteiger partial charge in [-0.15, -0.1) is 11.3 Å². The van der Waals surface area contributed by atoms with Gasteiger partial charge in [0.2, 0.25) is 0 Å². The summed E-state index contributed by atoms with van der Waals surface area (Å²) in [5.41, 5.74) is 6.16. The van der Waals surface area contributed by atoms with Crippen LogP contribution in [-0.2, 0) is 14.1 Å². The Kier molecular flexibility index (Phi) is 3.21. The van der Waals surface area contributed by atoms with Crippen LogP contribution in [0.15, 0.2) is 20.8 Å². The van der Waals surface area contributed by atoms with Gasteiger partial charge in [-0.25, -0.2) is 15.0 Å². The minimum Gasteiger partial charge on any atom is -0.350 e. The molecule has 0 unspecified atom stereocenters. The smallest absolute Gasteiger partial charge is 0.332 e. The van der Waals surface area contributed by atoms with Crippen molar-refractivity contribution in [3.05, 3.63) is 31.8 Å². The van der Waals surface area contributed by atoms with Gasteiger partial charge in [-0.3, -0.25) is 13.9 Å². The molecule has 0 aliphatic heterocycles. The Morgan fingerprint density at radius 2 is 2.11 bits per heavy atom. The van der Waals surface area contributed by atoms with E-state index < -0.39 is 11.7 Å². The third-order valence-corrected chi connectivity index (χ3v) is 3.66. The lowest BCUT2D eigenvalue weighted by Crippen LogP contribution is -2.36. The van der Waals surface area contributed by atoms with Gasteiger partial charge in [0.25, 0.3) is 5.56 Å². The molecule has 9 heteroatoms. The first-order chi connectivity index (χ1) is 8.91. The van der Waals surface area contributed by atoms with E-state index in [0.29, 0.717) is 15.1 Å². The van der Waals surface area contributed by atoms with Crippen molar-refractivity contribution < 1.29 is 4.79 Å². The van der Waals surface area contributed by atoms with Gasteiger partial charge in [-0.2, -0.15) is 5.10 Å². The molecule has 2 aromatic heterocycles.